The highest BCUT2D eigenvalue weighted by molar-refractivity contribution is 9.09. The number of hydrogen-bond acceptors (Lipinski definition) is 0. The van der Waals surface area contributed by atoms with Gasteiger partial charge < -0.3 is 0 Å². The molecule has 112 valence electrons. The fourth-order valence-electron chi connectivity index (χ4n) is 2.19. The van der Waals surface area contributed by atoms with E-state index < -0.39 is 0 Å². The number of alkyl halides is 1. The first-order valence-corrected chi connectivity index (χ1v) is 8.34. The molecule has 0 N–H and O–H groups in total. The molecule has 2 aromatic rings. The van der Waals surface area contributed by atoms with E-state index in [-0.39, 0.29) is 16.1 Å². The SMILES string of the molecule is CCC(C)(C)c1ccc(C(Br)c2ccc(Cl)cc2F)cc1. The Morgan fingerprint density at radius 2 is 1.76 bits per heavy atom. The normalized spacial score (nSPS) is 13.2. The zero-order chi connectivity index (χ0) is 15.6. The van der Waals surface area contributed by atoms with Crippen molar-refractivity contribution in [3.05, 3.63) is 70.0 Å². The summed E-state index contributed by atoms with van der Waals surface area (Å²) in [4.78, 5) is -0.173. The molecule has 2 rings (SSSR count). The van der Waals surface area contributed by atoms with Crippen molar-refractivity contribution < 1.29 is 4.39 Å². The molecule has 0 fully saturated rings. The Morgan fingerprint density at radius 1 is 1.14 bits per heavy atom. The lowest BCUT2D eigenvalue weighted by atomic mass is 9.82. The summed E-state index contributed by atoms with van der Waals surface area (Å²) < 4.78 is 14.0. The van der Waals surface area contributed by atoms with Crippen LogP contribution in [-0.2, 0) is 5.41 Å². The number of halogens is 3. The number of hydrogen-bond donors (Lipinski definition) is 0. The molecular weight excluding hydrogens is 351 g/mol. The topological polar surface area (TPSA) is 0 Å². The number of benzene rings is 2. The Morgan fingerprint density at radius 3 is 2.29 bits per heavy atom. The van der Waals surface area contributed by atoms with Crippen LogP contribution in [0.2, 0.25) is 5.02 Å². The minimum atomic E-state index is -0.290. The first kappa shape index (κ1) is 16.5. The smallest absolute Gasteiger partial charge is 0.129 e. The second-order valence-corrected chi connectivity index (χ2v) is 7.24. The first-order chi connectivity index (χ1) is 9.85. The molecule has 0 saturated heterocycles. The monoisotopic (exact) mass is 368 g/mol. The summed E-state index contributed by atoms with van der Waals surface area (Å²) in [5.41, 5.74) is 3.09. The van der Waals surface area contributed by atoms with Crippen LogP contribution in [0.5, 0.6) is 0 Å². The molecule has 0 nitrogen and oxygen atoms in total. The van der Waals surface area contributed by atoms with Crippen molar-refractivity contribution >= 4 is 27.5 Å². The van der Waals surface area contributed by atoms with Gasteiger partial charge in [-0.25, -0.2) is 4.39 Å². The highest BCUT2D eigenvalue weighted by atomic mass is 79.9. The molecule has 0 saturated carbocycles. The van der Waals surface area contributed by atoms with E-state index in [0.717, 1.165) is 12.0 Å². The molecule has 0 aliphatic rings. The lowest BCUT2D eigenvalue weighted by molar-refractivity contribution is 0.506. The lowest BCUT2D eigenvalue weighted by Crippen LogP contribution is -2.15. The van der Waals surface area contributed by atoms with Crippen LogP contribution in [-0.4, -0.2) is 0 Å². The van der Waals surface area contributed by atoms with Gasteiger partial charge in [0.15, 0.2) is 0 Å². The summed E-state index contributed by atoms with van der Waals surface area (Å²) in [7, 11) is 0. The predicted octanol–water partition coefficient (Wildman–Crippen LogP) is 6.65. The van der Waals surface area contributed by atoms with Crippen molar-refractivity contribution in [3.63, 3.8) is 0 Å². The van der Waals surface area contributed by atoms with Crippen LogP contribution in [0.25, 0.3) is 0 Å². The second-order valence-electron chi connectivity index (χ2n) is 5.89. The van der Waals surface area contributed by atoms with Crippen LogP contribution in [0.1, 0.15) is 48.7 Å². The van der Waals surface area contributed by atoms with Crippen LogP contribution in [0.15, 0.2) is 42.5 Å². The number of rotatable bonds is 4. The van der Waals surface area contributed by atoms with Crippen molar-refractivity contribution in [1.29, 1.82) is 0 Å². The van der Waals surface area contributed by atoms with Gasteiger partial charge in [-0.05, 0) is 35.1 Å². The molecule has 3 heteroatoms. The molecule has 1 atom stereocenters. The molecule has 0 heterocycles. The van der Waals surface area contributed by atoms with Gasteiger partial charge >= 0.3 is 0 Å². The Labute approximate surface area is 139 Å². The third-order valence-corrected chi connectivity index (χ3v) is 5.36. The fourth-order valence-corrected chi connectivity index (χ4v) is 3.03. The van der Waals surface area contributed by atoms with Crippen LogP contribution >= 0.6 is 27.5 Å². The zero-order valence-corrected chi connectivity index (χ0v) is 14.8. The molecule has 2 aromatic carbocycles. The van der Waals surface area contributed by atoms with E-state index in [4.69, 9.17) is 11.6 Å². The van der Waals surface area contributed by atoms with Crippen molar-refractivity contribution in [2.24, 2.45) is 0 Å². The molecule has 1 unspecified atom stereocenters. The molecule has 21 heavy (non-hydrogen) atoms. The van der Waals surface area contributed by atoms with Crippen LogP contribution < -0.4 is 0 Å². The molecule has 0 amide bonds. The first-order valence-electron chi connectivity index (χ1n) is 7.04. The summed E-state index contributed by atoms with van der Waals surface area (Å²) in [5, 5.41) is 0.413. The highest BCUT2D eigenvalue weighted by Gasteiger charge is 2.19. The van der Waals surface area contributed by atoms with Crippen LogP contribution in [0.4, 0.5) is 4.39 Å². The van der Waals surface area contributed by atoms with Crippen molar-refractivity contribution in [2.75, 3.05) is 0 Å². The summed E-state index contributed by atoms with van der Waals surface area (Å²) in [6, 6.07) is 13.1. The fraction of sp³-hybridized carbons (Fsp3) is 0.333. The second kappa shape index (κ2) is 6.50. The average molecular weight is 370 g/mol. The maximum Gasteiger partial charge on any atom is 0.129 e. The molecule has 0 bridgehead atoms. The molecule has 0 radical (unpaired) electrons. The summed E-state index contributed by atoms with van der Waals surface area (Å²) in [5.74, 6) is -0.290. The van der Waals surface area contributed by atoms with Gasteiger partial charge in [0, 0.05) is 10.6 Å². The van der Waals surface area contributed by atoms with Gasteiger partial charge in [-0.1, -0.05) is 78.6 Å². The molecule has 0 aliphatic carbocycles. The third-order valence-electron chi connectivity index (χ3n) is 4.10. The van der Waals surface area contributed by atoms with E-state index >= 15 is 0 Å². The Kier molecular flexibility index (Phi) is 5.11. The maximum atomic E-state index is 14.0. The Balaban J connectivity index is 2.30. The predicted molar refractivity (Wildman–Crippen MR) is 91.9 cm³/mol. The quantitative estimate of drug-likeness (QED) is 0.529. The van der Waals surface area contributed by atoms with Crippen molar-refractivity contribution in [2.45, 2.75) is 37.4 Å². The largest absolute Gasteiger partial charge is 0.207 e. The van der Waals surface area contributed by atoms with E-state index in [9.17, 15) is 4.39 Å². The molecule has 0 aromatic heterocycles. The van der Waals surface area contributed by atoms with Gasteiger partial charge in [-0.3, -0.25) is 0 Å². The Hall–Kier alpha value is -0.860. The van der Waals surface area contributed by atoms with Gasteiger partial charge in [0.25, 0.3) is 0 Å². The van der Waals surface area contributed by atoms with E-state index in [1.807, 2.05) is 0 Å². The van der Waals surface area contributed by atoms with Gasteiger partial charge in [-0.2, -0.15) is 0 Å². The maximum absolute atomic E-state index is 14.0. The molecule has 0 aliphatic heterocycles. The summed E-state index contributed by atoms with van der Waals surface area (Å²) >= 11 is 9.38. The zero-order valence-electron chi connectivity index (χ0n) is 12.5. The van der Waals surface area contributed by atoms with E-state index in [0.29, 0.717) is 10.6 Å². The minimum absolute atomic E-state index is 0.159. The van der Waals surface area contributed by atoms with E-state index in [2.05, 4.69) is 61.0 Å². The highest BCUT2D eigenvalue weighted by Crippen LogP contribution is 2.35. The summed E-state index contributed by atoms with van der Waals surface area (Å²) in [6.07, 6.45) is 1.08. The minimum Gasteiger partial charge on any atom is -0.207 e. The van der Waals surface area contributed by atoms with Crippen LogP contribution in [0.3, 0.4) is 0 Å². The molecule has 0 spiro atoms. The van der Waals surface area contributed by atoms with Gasteiger partial charge in [0.1, 0.15) is 5.82 Å². The Bertz CT molecular complexity index is 620. The average Bonchev–Trinajstić information content (AvgIpc) is 2.47. The summed E-state index contributed by atoms with van der Waals surface area (Å²) in [6.45, 7) is 6.64. The van der Waals surface area contributed by atoms with E-state index in [1.54, 1.807) is 12.1 Å². The van der Waals surface area contributed by atoms with Gasteiger partial charge in [-0.15, -0.1) is 0 Å². The van der Waals surface area contributed by atoms with Crippen LogP contribution in [0, 0.1) is 5.82 Å². The lowest BCUT2D eigenvalue weighted by Gasteiger charge is -2.24. The standard InChI is InChI=1S/C18H19BrClF/c1-4-18(2,3)13-7-5-12(6-8-13)17(19)15-10-9-14(20)11-16(15)21/h5-11,17H,4H2,1-3H3. The van der Waals surface area contributed by atoms with Gasteiger partial charge in [0.2, 0.25) is 0 Å². The third kappa shape index (κ3) is 3.67. The molecular formula is C18H19BrClF. The van der Waals surface area contributed by atoms with Gasteiger partial charge in [0.05, 0.1) is 4.83 Å². The van der Waals surface area contributed by atoms with Crippen molar-refractivity contribution in [3.8, 4) is 0 Å². The van der Waals surface area contributed by atoms with E-state index in [1.165, 1.54) is 11.6 Å². The van der Waals surface area contributed by atoms with Crippen molar-refractivity contribution in [1.82, 2.24) is 0 Å².